The van der Waals surface area contributed by atoms with Crippen molar-refractivity contribution in [1.82, 2.24) is 5.32 Å². The summed E-state index contributed by atoms with van der Waals surface area (Å²) in [6.07, 6.45) is 1.68. The monoisotopic (exact) mass is 429 g/mol. The molecule has 1 N–H and O–H groups in total. The fourth-order valence-corrected chi connectivity index (χ4v) is 3.40. The molecule has 0 aliphatic rings. The van der Waals surface area contributed by atoms with E-state index in [1.165, 1.54) is 5.56 Å². The van der Waals surface area contributed by atoms with Gasteiger partial charge in [0, 0.05) is 6.54 Å². The molecule has 0 atom stereocenters. The Morgan fingerprint density at radius 1 is 1.04 bits per heavy atom. The first kappa shape index (κ1) is 19.5. The van der Waals surface area contributed by atoms with Crippen LogP contribution in [0.4, 0.5) is 0 Å². The summed E-state index contributed by atoms with van der Waals surface area (Å²) < 4.78 is 18.2. The van der Waals surface area contributed by atoms with E-state index in [1.54, 1.807) is 6.26 Å². The zero-order valence-corrected chi connectivity index (χ0v) is 17.2. The number of rotatable bonds is 9. The van der Waals surface area contributed by atoms with E-state index in [2.05, 4.69) is 46.4 Å². The van der Waals surface area contributed by atoms with E-state index >= 15 is 0 Å². The molecule has 0 saturated carbocycles. The summed E-state index contributed by atoms with van der Waals surface area (Å²) in [5, 5.41) is 3.37. The molecule has 3 aromatic rings. The fourth-order valence-electron chi connectivity index (χ4n) is 2.79. The van der Waals surface area contributed by atoms with Crippen LogP contribution in [0.3, 0.4) is 0 Å². The Balaban J connectivity index is 1.70. The molecule has 0 amide bonds. The molecule has 5 heteroatoms. The number of furan rings is 1. The van der Waals surface area contributed by atoms with Gasteiger partial charge in [-0.05, 0) is 70.7 Å². The number of halogens is 1. The minimum absolute atomic E-state index is 0.501. The average Bonchev–Trinajstić information content (AvgIpc) is 3.16. The highest BCUT2D eigenvalue weighted by molar-refractivity contribution is 9.10. The Kier molecular flexibility index (Phi) is 6.96. The Bertz CT molecular complexity index is 862. The van der Waals surface area contributed by atoms with Crippen LogP contribution in [-0.4, -0.2) is 6.61 Å². The van der Waals surface area contributed by atoms with Gasteiger partial charge >= 0.3 is 0 Å². The molecule has 3 rings (SSSR count). The quantitative estimate of drug-likeness (QED) is 0.479. The van der Waals surface area contributed by atoms with Gasteiger partial charge in [0.2, 0.25) is 0 Å². The molecule has 142 valence electrons. The lowest BCUT2D eigenvalue weighted by Gasteiger charge is -2.16. The molecular weight excluding hydrogens is 406 g/mol. The van der Waals surface area contributed by atoms with Crippen LogP contribution in [0.2, 0.25) is 0 Å². The van der Waals surface area contributed by atoms with Gasteiger partial charge in [-0.15, -0.1) is 0 Å². The number of hydrogen-bond donors (Lipinski definition) is 1. The largest absolute Gasteiger partial charge is 0.490 e. The van der Waals surface area contributed by atoms with Crippen molar-refractivity contribution in [3.8, 4) is 11.5 Å². The van der Waals surface area contributed by atoms with Crippen LogP contribution in [0.1, 0.15) is 29.4 Å². The molecule has 0 saturated heterocycles. The van der Waals surface area contributed by atoms with Gasteiger partial charge < -0.3 is 19.2 Å². The first-order valence-electron chi connectivity index (χ1n) is 9.03. The smallest absolute Gasteiger partial charge is 0.175 e. The topological polar surface area (TPSA) is 43.6 Å². The lowest BCUT2D eigenvalue weighted by Crippen LogP contribution is -2.12. The summed E-state index contributed by atoms with van der Waals surface area (Å²) in [7, 11) is 0. The van der Waals surface area contributed by atoms with Crippen LogP contribution in [0, 0.1) is 6.92 Å². The molecule has 0 aliphatic heterocycles. The molecule has 0 unspecified atom stereocenters. The van der Waals surface area contributed by atoms with E-state index in [0.29, 0.717) is 26.3 Å². The van der Waals surface area contributed by atoms with Gasteiger partial charge in [0.15, 0.2) is 11.5 Å². The summed E-state index contributed by atoms with van der Waals surface area (Å²) in [6.45, 7) is 6.53. The number of aryl methyl sites for hydroxylation is 1. The van der Waals surface area contributed by atoms with Crippen molar-refractivity contribution in [3.63, 3.8) is 0 Å². The third kappa shape index (κ3) is 5.37. The highest BCUT2D eigenvalue weighted by atomic mass is 79.9. The molecule has 1 heterocycles. The number of nitrogens with one attached hydrogen (secondary N) is 1. The van der Waals surface area contributed by atoms with Gasteiger partial charge in [-0.1, -0.05) is 24.3 Å². The van der Waals surface area contributed by atoms with Crippen molar-refractivity contribution in [3.05, 3.63) is 81.7 Å². The predicted octanol–water partition coefficient (Wildman–Crippen LogP) is 5.62. The van der Waals surface area contributed by atoms with E-state index in [0.717, 1.165) is 32.9 Å². The van der Waals surface area contributed by atoms with E-state index < -0.39 is 0 Å². The van der Waals surface area contributed by atoms with Crippen LogP contribution in [-0.2, 0) is 19.7 Å². The van der Waals surface area contributed by atoms with Crippen molar-refractivity contribution in [2.75, 3.05) is 6.61 Å². The minimum atomic E-state index is 0.501. The van der Waals surface area contributed by atoms with Crippen LogP contribution >= 0.6 is 15.9 Å². The second-order valence-electron chi connectivity index (χ2n) is 6.24. The Morgan fingerprint density at radius 3 is 2.63 bits per heavy atom. The first-order chi connectivity index (χ1) is 13.2. The van der Waals surface area contributed by atoms with Crippen LogP contribution in [0.5, 0.6) is 11.5 Å². The maximum Gasteiger partial charge on any atom is 0.175 e. The summed E-state index contributed by atoms with van der Waals surface area (Å²) in [6, 6.07) is 16.2. The van der Waals surface area contributed by atoms with Gasteiger partial charge in [-0.25, -0.2) is 0 Å². The highest BCUT2D eigenvalue weighted by Gasteiger charge is 2.13. The number of ether oxygens (including phenoxy) is 2. The van der Waals surface area contributed by atoms with E-state index in [-0.39, 0.29) is 0 Å². The van der Waals surface area contributed by atoms with Gasteiger partial charge in [-0.3, -0.25) is 0 Å². The molecule has 0 spiro atoms. The molecule has 0 radical (unpaired) electrons. The summed E-state index contributed by atoms with van der Waals surface area (Å²) in [5.74, 6) is 2.39. The van der Waals surface area contributed by atoms with Gasteiger partial charge in [0.1, 0.15) is 12.4 Å². The summed E-state index contributed by atoms with van der Waals surface area (Å²) in [4.78, 5) is 0. The standard InChI is InChI=1S/C22H24BrNO3/c1-3-25-21-12-17(13-24-14-19-9-6-10-26-19)11-20(23)22(21)27-15-18-8-5-4-7-16(18)2/h4-12,24H,3,13-15H2,1-2H3. The summed E-state index contributed by atoms with van der Waals surface area (Å²) >= 11 is 3.64. The minimum Gasteiger partial charge on any atom is -0.490 e. The number of benzene rings is 2. The summed E-state index contributed by atoms with van der Waals surface area (Å²) in [5.41, 5.74) is 3.49. The maximum absolute atomic E-state index is 6.10. The lowest BCUT2D eigenvalue weighted by molar-refractivity contribution is 0.267. The van der Waals surface area contributed by atoms with Crippen molar-refractivity contribution in [1.29, 1.82) is 0 Å². The highest BCUT2D eigenvalue weighted by Crippen LogP contribution is 2.37. The maximum atomic E-state index is 6.10. The Hall–Kier alpha value is -2.24. The lowest BCUT2D eigenvalue weighted by atomic mass is 10.1. The third-order valence-corrected chi connectivity index (χ3v) is 4.80. The first-order valence-corrected chi connectivity index (χ1v) is 9.82. The van der Waals surface area contributed by atoms with Crippen molar-refractivity contribution in [2.24, 2.45) is 0 Å². The van der Waals surface area contributed by atoms with E-state index in [9.17, 15) is 0 Å². The Labute approximate surface area is 168 Å². The molecule has 0 aliphatic carbocycles. The third-order valence-electron chi connectivity index (χ3n) is 4.21. The molecule has 0 fully saturated rings. The van der Waals surface area contributed by atoms with Crippen molar-refractivity contribution < 1.29 is 13.9 Å². The fraction of sp³-hybridized carbons (Fsp3) is 0.273. The molecule has 0 bridgehead atoms. The van der Waals surface area contributed by atoms with Crippen LogP contribution in [0.25, 0.3) is 0 Å². The van der Waals surface area contributed by atoms with E-state index in [4.69, 9.17) is 13.9 Å². The zero-order chi connectivity index (χ0) is 19.1. The Morgan fingerprint density at radius 2 is 1.89 bits per heavy atom. The van der Waals surface area contributed by atoms with Gasteiger partial charge in [-0.2, -0.15) is 0 Å². The average molecular weight is 430 g/mol. The zero-order valence-electron chi connectivity index (χ0n) is 15.6. The molecule has 4 nitrogen and oxygen atoms in total. The van der Waals surface area contributed by atoms with E-state index in [1.807, 2.05) is 37.3 Å². The van der Waals surface area contributed by atoms with Gasteiger partial charge in [0.25, 0.3) is 0 Å². The second-order valence-corrected chi connectivity index (χ2v) is 7.09. The van der Waals surface area contributed by atoms with Crippen LogP contribution in [0.15, 0.2) is 63.7 Å². The number of hydrogen-bond acceptors (Lipinski definition) is 4. The predicted molar refractivity (Wildman–Crippen MR) is 110 cm³/mol. The molecular formula is C22H24BrNO3. The second kappa shape index (κ2) is 9.62. The SMILES string of the molecule is CCOc1cc(CNCc2ccco2)cc(Br)c1OCc1ccccc1C. The van der Waals surface area contributed by atoms with Crippen molar-refractivity contribution in [2.45, 2.75) is 33.5 Å². The van der Waals surface area contributed by atoms with Gasteiger partial charge in [0.05, 0.1) is 23.9 Å². The molecule has 27 heavy (non-hydrogen) atoms. The van der Waals surface area contributed by atoms with Crippen molar-refractivity contribution >= 4 is 15.9 Å². The molecule has 2 aromatic carbocycles. The molecule has 1 aromatic heterocycles. The normalized spacial score (nSPS) is 10.8. The van der Waals surface area contributed by atoms with Crippen LogP contribution < -0.4 is 14.8 Å².